The van der Waals surface area contributed by atoms with Crippen LogP contribution in [0.4, 0.5) is 16.3 Å². The molecule has 1 aromatic carbocycles. The van der Waals surface area contributed by atoms with Gasteiger partial charge in [0.2, 0.25) is 0 Å². The molecule has 1 aliphatic heterocycles. The zero-order valence-corrected chi connectivity index (χ0v) is 21.0. The van der Waals surface area contributed by atoms with Gasteiger partial charge >= 0.3 is 6.03 Å². The Balaban J connectivity index is 1.41. The van der Waals surface area contributed by atoms with E-state index in [1.165, 1.54) is 44.2 Å². The number of morpholine rings is 1. The zero-order valence-electron chi connectivity index (χ0n) is 20.2. The van der Waals surface area contributed by atoms with Crippen LogP contribution in [0.3, 0.4) is 0 Å². The van der Waals surface area contributed by atoms with Crippen LogP contribution in [-0.2, 0) is 9.48 Å². The lowest BCUT2D eigenvalue weighted by Crippen LogP contribution is -2.37. The minimum Gasteiger partial charge on any atom is -0.396 e. The number of nitrogens with zero attached hydrogens (tertiary/aromatic N) is 3. The Morgan fingerprint density at radius 1 is 1.14 bits per heavy atom. The van der Waals surface area contributed by atoms with Crippen molar-refractivity contribution in [2.75, 3.05) is 49.7 Å². The number of rotatable bonds is 9. The fourth-order valence-corrected chi connectivity index (χ4v) is 6.56. The Morgan fingerprint density at radius 2 is 1.89 bits per heavy atom. The average Bonchev–Trinajstić information content (AvgIpc) is 3.58. The van der Waals surface area contributed by atoms with Gasteiger partial charge in [0.05, 0.1) is 23.7 Å². The van der Waals surface area contributed by atoms with Crippen LogP contribution in [0.2, 0.25) is 0 Å². The fourth-order valence-electron chi connectivity index (χ4n) is 4.80. The standard InChI is InChI=1S/C26H35N5O3S/c32-15-3-12-27-25(33)28-20-6-4-19(5-7-20)24-29-22(18-23(30-24)31-13-16-34-17-14-31)26(10-1-2-11-26)35-21-8-9-21/h4-7,18,21,32H,1-3,8-17H2,(H2,27,28,33). The number of amides is 2. The van der Waals surface area contributed by atoms with Gasteiger partial charge in [0.15, 0.2) is 5.82 Å². The summed E-state index contributed by atoms with van der Waals surface area (Å²) in [7, 11) is 0. The summed E-state index contributed by atoms with van der Waals surface area (Å²) >= 11 is 2.15. The summed E-state index contributed by atoms with van der Waals surface area (Å²) in [5.41, 5.74) is 2.82. The number of aliphatic hydroxyl groups is 1. The Labute approximate surface area is 211 Å². The molecule has 0 bridgehead atoms. The van der Waals surface area contributed by atoms with E-state index in [1.807, 2.05) is 24.3 Å². The monoisotopic (exact) mass is 497 g/mol. The van der Waals surface area contributed by atoms with E-state index < -0.39 is 0 Å². The van der Waals surface area contributed by atoms with Gasteiger partial charge in [0.25, 0.3) is 0 Å². The number of carbonyl (C=O) groups excluding carboxylic acids is 1. The highest BCUT2D eigenvalue weighted by Crippen LogP contribution is 2.55. The molecule has 2 amide bonds. The molecule has 3 fully saturated rings. The molecule has 0 radical (unpaired) electrons. The summed E-state index contributed by atoms with van der Waals surface area (Å²) in [5.74, 6) is 1.73. The molecular formula is C26H35N5O3S. The summed E-state index contributed by atoms with van der Waals surface area (Å²) in [4.78, 5) is 24.5. The van der Waals surface area contributed by atoms with E-state index in [0.717, 1.165) is 48.8 Å². The van der Waals surface area contributed by atoms with E-state index in [9.17, 15) is 4.79 Å². The van der Waals surface area contributed by atoms with Crippen molar-refractivity contribution in [1.82, 2.24) is 15.3 Å². The molecule has 2 saturated carbocycles. The maximum atomic E-state index is 12.0. The molecule has 1 saturated heterocycles. The molecular weight excluding hydrogens is 462 g/mol. The molecule has 188 valence electrons. The van der Waals surface area contributed by atoms with Crippen LogP contribution in [0.25, 0.3) is 11.4 Å². The first-order valence-electron chi connectivity index (χ1n) is 12.8. The van der Waals surface area contributed by atoms with E-state index in [0.29, 0.717) is 18.7 Å². The predicted octanol–water partition coefficient (Wildman–Crippen LogP) is 4.15. The number of nitrogens with one attached hydrogen (secondary N) is 2. The Morgan fingerprint density at radius 3 is 2.57 bits per heavy atom. The van der Waals surface area contributed by atoms with E-state index in [1.54, 1.807) is 0 Å². The van der Waals surface area contributed by atoms with E-state index in [2.05, 4.69) is 33.4 Å². The molecule has 5 rings (SSSR count). The van der Waals surface area contributed by atoms with Gasteiger partial charge in [-0.3, -0.25) is 0 Å². The average molecular weight is 498 g/mol. The third-order valence-electron chi connectivity index (χ3n) is 6.86. The van der Waals surface area contributed by atoms with Crippen LogP contribution in [0.1, 0.15) is 50.6 Å². The molecule has 1 aromatic heterocycles. The topological polar surface area (TPSA) is 99.6 Å². The van der Waals surface area contributed by atoms with Crippen LogP contribution in [-0.4, -0.2) is 65.8 Å². The summed E-state index contributed by atoms with van der Waals surface area (Å²) < 4.78 is 5.67. The Bertz CT molecular complexity index is 1000. The number of aromatic nitrogens is 2. The lowest BCUT2D eigenvalue weighted by atomic mass is 10.0. The number of hydrogen-bond acceptors (Lipinski definition) is 7. The number of carbonyl (C=O) groups is 1. The molecule has 0 spiro atoms. The largest absolute Gasteiger partial charge is 0.396 e. The molecule has 0 unspecified atom stereocenters. The van der Waals surface area contributed by atoms with Crippen LogP contribution in [0.5, 0.6) is 0 Å². The minimum atomic E-state index is -0.278. The first kappa shape index (κ1) is 24.3. The van der Waals surface area contributed by atoms with Crippen molar-refractivity contribution < 1.29 is 14.6 Å². The lowest BCUT2D eigenvalue weighted by Gasteiger charge is -2.32. The van der Waals surface area contributed by atoms with Gasteiger partial charge in [-0.05, 0) is 56.4 Å². The van der Waals surface area contributed by atoms with Crippen molar-refractivity contribution in [3.05, 3.63) is 36.0 Å². The molecule has 3 N–H and O–H groups in total. The summed E-state index contributed by atoms with van der Waals surface area (Å²) in [6, 6.07) is 9.68. The van der Waals surface area contributed by atoms with Gasteiger partial charge < -0.3 is 25.4 Å². The van der Waals surface area contributed by atoms with Gasteiger partial charge in [0.1, 0.15) is 5.82 Å². The van der Waals surface area contributed by atoms with Crippen LogP contribution in [0.15, 0.2) is 30.3 Å². The first-order valence-corrected chi connectivity index (χ1v) is 13.7. The molecule has 8 nitrogen and oxygen atoms in total. The highest BCUT2D eigenvalue weighted by Gasteiger charge is 2.43. The maximum absolute atomic E-state index is 12.0. The zero-order chi connectivity index (χ0) is 24.1. The normalized spacial score (nSPS) is 19.5. The van der Waals surface area contributed by atoms with Crippen molar-refractivity contribution in [2.24, 2.45) is 0 Å². The van der Waals surface area contributed by atoms with Crippen molar-refractivity contribution in [2.45, 2.75) is 54.9 Å². The molecule has 9 heteroatoms. The molecule has 2 aromatic rings. The van der Waals surface area contributed by atoms with Crippen molar-refractivity contribution >= 4 is 29.3 Å². The number of urea groups is 1. The predicted molar refractivity (Wildman–Crippen MR) is 140 cm³/mol. The van der Waals surface area contributed by atoms with Gasteiger partial charge in [-0.15, -0.1) is 11.8 Å². The second-order valence-electron chi connectivity index (χ2n) is 9.59. The molecule has 2 aliphatic carbocycles. The van der Waals surface area contributed by atoms with E-state index in [-0.39, 0.29) is 17.4 Å². The van der Waals surface area contributed by atoms with Gasteiger partial charge in [-0.2, -0.15) is 0 Å². The SMILES string of the molecule is O=C(NCCCO)Nc1ccc(-c2nc(N3CCOCC3)cc(C3(SC4CC4)CCCC3)n2)cc1. The molecule has 3 aliphatic rings. The van der Waals surface area contributed by atoms with E-state index in [4.69, 9.17) is 19.8 Å². The van der Waals surface area contributed by atoms with Crippen LogP contribution >= 0.6 is 11.8 Å². The number of anilines is 2. The minimum absolute atomic E-state index is 0.0565. The second kappa shape index (κ2) is 11.1. The number of hydrogen-bond donors (Lipinski definition) is 3. The lowest BCUT2D eigenvalue weighted by molar-refractivity contribution is 0.122. The Kier molecular flexibility index (Phi) is 7.75. The molecule has 0 atom stereocenters. The van der Waals surface area contributed by atoms with Crippen LogP contribution in [0, 0.1) is 0 Å². The van der Waals surface area contributed by atoms with Crippen LogP contribution < -0.4 is 15.5 Å². The number of aliphatic hydroxyl groups excluding tert-OH is 1. The number of ether oxygens (including phenoxy) is 1. The fraction of sp³-hybridized carbons (Fsp3) is 0.577. The number of thioether (sulfide) groups is 1. The van der Waals surface area contributed by atoms with E-state index >= 15 is 0 Å². The highest BCUT2D eigenvalue weighted by atomic mass is 32.2. The smallest absolute Gasteiger partial charge is 0.319 e. The quantitative estimate of drug-likeness (QED) is 0.448. The number of benzene rings is 1. The third-order valence-corrected chi connectivity index (χ3v) is 8.74. The maximum Gasteiger partial charge on any atom is 0.319 e. The van der Waals surface area contributed by atoms with Gasteiger partial charge in [0, 0.05) is 48.8 Å². The third kappa shape index (κ3) is 6.08. The molecule has 35 heavy (non-hydrogen) atoms. The molecule has 2 heterocycles. The highest BCUT2D eigenvalue weighted by molar-refractivity contribution is 8.01. The Hall–Kier alpha value is -2.36. The van der Waals surface area contributed by atoms with Gasteiger partial charge in [-0.25, -0.2) is 14.8 Å². The van der Waals surface area contributed by atoms with Crippen molar-refractivity contribution in [3.63, 3.8) is 0 Å². The second-order valence-corrected chi connectivity index (χ2v) is 11.3. The van der Waals surface area contributed by atoms with Crippen molar-refractivity contribution in [3.8, 4) is 11.4 Å². The van der Waals surface area contributed by atoms with Gasteiger partial charge in [-0.1, -0.05) is 12.8 Å². The summed E-state index contributed by atoms with van der Waals surface area (Å²) in [6.07, 6.45) is 8.06. The summed E-state index contributed by atoms with van der Waals surface area (Å²) in [6.45, 7) is 3.61. The first-order chi connectivity index (χ1) is 17.1. The summed E-state index contributed by atoms with van der Waals surface area (Å²) in [5, 5.41) is 15.2. The van der Waals surface area contributed by atoms with Crippen molar-refractivity contribution in [1.29, 1.82) is 0 Å².